The zero-order chi connectivity index (χ0) is 18.8. The average Bonchev–Trinajstić information content (AvgIpc) is 2.91. The number of H-pyrrole nitrogens is 1. The second kappa shape index (κ2) is 7.22. The van der Waals surface area contributed by atoms with Crippen LogP contribution >= 0.6 is 0 Å². The van der Waals surface area contributed by atoms with Crippen molar-refractivity contribution >= 4 is 5.97 Å². The number of esters is 1. The second-order valence-electron chi connectivity index (χ2n) is 5.94. The molecule has 8 nitrogen and oxygen atoms in total. The van der Waals surface area contributed by atoms with Crippen LogP contribution < -0.4 is 11.2 Å². The lowest BCUT2D eigenvalue weighted by Gasteiger charge is -2.16. The molecule has 0 bridgehead atoms. The quantitative estimate of drug-likeness (QED) is 0.755. The first-order valence-electron chi connectivity index (χ1n) is 7.90. The molecule has 1 saturated heterocycles. The molecule has 0 amide bonds. The number of aryl methyl sites for hydroxylation is 1. The van der Waals surface area contributed by atoms with Crippen LogP contribution in [0.3, 0.4) is 0 Å². The molecular weight excluding hydrogens is 347 g/mol. The van der Waals surface area contributed by atoms with E-state index in [9.17, 15) is 23.9 Å². The number of hydrogen-bond donors (Lipinski definition) is 2. The van der Waals surface area contributed by atoms with Crippen LogP contribution in [-0.2, 0) is 9.47 Å². The van der Waals surface area contributed by atoms with E-state index in [1.165, 1.54) is 6.92 Å². The van der Waals surface area contributed by atoms with E-state index < -0.39 is 41.8 Å². The number of carbonyl (C=O) groups is 1. The Morgan fingerprint density at radius 1 is 1.35 bits per heavy atom. The molecule has 1 aliphatic rings. The maximum atomic E-state index is 14.4. The average molecular weight is 364 g/mol. The molecule has 1 fully saturated rings. The molecule has 1 aliphatic heterocycles. The van der Waals surface area contributed by atoms with Gasteiger partial charge in [-0.25, -0.2) is 14.0 Å². The first kappa shape index (κ1) is 18.0. The molecule has 2 heterocycles. The first-order valence-corrected chi connectivity index (χ1v) is 7.90. The molecule has 1 aromatic heterocycles. The monoisotopic (exact) mass is 364 g/mol. The molecule has 0 saturated carbocycles. The van der Waals surface area contributed by atoms with Crippen molar-refractivity contribution in [3.63, 3.8) is 0 Å². The number of benzene rings is 1. The largest absolute Gasteiger partial charge is 0.459 e. The van der Waals surface area contributed by atoms with Gasteiger partial charge >= 0.3 is 11.7 Å². The Balaban J connectivity index is 1.72. The van der Waals surface area contributed by atoms with Gasteiger partial charge in [0.15, 0.2) is 12.4 Å². The van der Waals surface area contributed by atoms with Crippen molar-refractivity contribution < 1.29 is 23.8 Å². The van der Waals surface area contributed by atoms with Crippen LogP contribution in [0.1, 0.15) is 22.1 Å². The zero-order valence-electron chi connectivity index (χ0n) is 13.8. The Labute approximate surface area is 146 Å². The van der Waals surface area contributed by atoms with Gasteiger partial charge in [0.2, 0.25) is 0 Å². The lowest BCUT2D eigenvalue weighted by Crippen LogP contribution is -2.36. The predicted octanol–water partition coefficient (Wildman–Crippen LogP) is 0.298. The molecule has 0 radical (unpaired) electrons. The van der Waals surface area contributed by atoms with Crippen molar-refractivity contribution in [3.05, 3.63) is 68.5 Å². The lowest BCUT2D eigenvalue weighted by atomic mass is 10.1. The molecule has 26 heavy (non-hydrogen) atoms. The van der Waals surface area contributed by atoms with Crippen LogP contribution in [0.2, 0.25) is 0 Å². The van der Waals surface area contributed by atoms with Crippen LogP contribution in [0.15, 0.2) is 46.1 Å². The van der Waals surface area contributed by atoms with E-state index in [1.54, 1.807) is 30.3 Å². The third kappa shape index (κ3) is 3.44. The highest BCUT2D eigenvalue weighted by atomic mass is 19.1. The minimum absolute atomic E-state index is 0.189. The number of ether oxygens (including phenoxy) is 2. The molecule has 0 spiro atoms. The lowest BCUT2D eigenvalue weighted by molar-refractivity contribution is -0.0556. The molecule has 0 unspecified atom stereocenters. The maximum Gasteiger partial charge on any atom is 0.338 e. The van der Waals surface area contributed by atoms with Crippen LogP contribution in [-0.4, -0.2) is 45.6 Å². The van der Waals surface area contributed by atoms with Gasteiger partial charge in [-0.1, -0.05) is 18.2 Å². The number of aromatic amines is 1. The van der Waals surface area contributed by atoms with E-state index in [4.69, 9.17) is 9.47 Å². The van der Waals surface area contributed by atoms with Gasteiger partial charge in [0, 0.05) is 11.8 Å². The Morgan fingerprint density at radius 2 is 2.04 bits per heavy atom. The summed E-state index contributed by atoms with van der Waals surface area (Å²) in [6.45, 7) is 1.06. The van der Waals surface area contributed by atoms with Crippen LogP contribution in [0, 0.1) is 6.92 Å². The SMILES string of the molecule is Cc1cn([C@@H]2O[C@H](COC(=O)c3ccccc3)[C@@H](O)[C@@H]2F)c(=O)[nH]c1=O. The summed E-state index contributed by atoms with van der Waals surface area (Å²) < 4.78 is 25.7. The number of aliphatic hydroxyl groups is 1. The van der Waals surface area contributed by atoms with E-state index >= 15 is 0 Å². The topological polar surface area (TPSA) is 111 Å². The number of alkyl halides is 1. The highest BCUT2D eigenvalue weighted by Gasteiger charge is 2.46. The van der Waals surface area contributed by atoms with Gasteiger partial charge in [-0.2, -0.15) is 0 Å². The van der Waals surface area contributed by atoms with Gasteiger partial charge in [0.05, 0.1) is 5.56 Å². The molecule has 1 aromatic carbocycles. The Bertz CT molecular complexity index is 909. The smallest absolute Gasteiger partial charge is 0.338 e. The molecule has 3 rings (SSSR count). The number of nitrogens with zero attached hydrogens (tertiary/aromatic N) is 1. The standard InChI is InChI=1S/C17H17FN2O6/c1-9-7-20(17(24)19-14(9)22)15-12(18)13(21)11(26-15)8-25-16(23)10-5-3-2-4-6-10/h2-7,11-13,15,21H,8H2,1H3,(H,19,22,24)/t11-,12+,13-,15-/m1/s1. The van der Waals surface area contributed by atoms with Crippen molar-refractivity contribution in [2.45, 2.75) is 31.5 Å². The fourth-order valence-corrected chi connectivity index (χ4v) is 2.66. The summed E-state index contributed by atoms with van der Waals surface area (Å²) in [6.07, 6.45) is -4.96. The highest BCUT2D eigenvalue weighted by Crippen LogP contribution is 2.31. The van der Waals surface area contributed by atoms with Crippen molar-refractivity contribution in [3.8, 4) is 0 Å². The zero-order valence-corrected chi connectivity index (χ0v) is 13.8. The van der Waals surface area contributed by atoms with Gasteiger partial charge in [0.25, 0.3) is 5.56 Å². The summed E-state index contributed by atoms with van der Waals surface area (Å²) >= 11 is 0. The number of halogens is 1. The van der Waals surface area contributed by atoms with Crippen LogP contribution in [0.4, 0.5) is 4.39 Å². The van der Waals surface area contributed by atoms with Crippen molar-refractivity contribution in [1.82, 2.24) is 9.55 Å². The highest BCUT2D eigenvalue weighted by molar-refractivity contribution is 5.89. The Hall–Kier alpha value is -2.78. The molecule has 2 N–H and O–H groups in total. The number of aliphatic hydroxyl groups excluding tert-OH is 1. The van der Waals surface area contributed by atoms with Crippen LogP contribution in [0.5, 0.6) is 0 Å². The number of hydrogen-bond acceptors (Lipinski definition) is 6. The van der Waals surface area contributed by atoms with E-state index in [0.29, 0.717) is 5.56 Å². The molecule has 0 aliphatic carbocycles. The fourth-order valence-electron chi connectivity index (χ4n) is 2.66. The predicted molar refractivity (Wildman–Crippen MR) is 87.6 cm³/mol. The molecular formula is C17H17FN2O6. The summed E-state index contributed by atoms with van der Waals surface area (Å²) in [6, 6.07) is 8.17. The Kier molecular flexibility index (Phi) is 5.01. The number of nitrogens with one attached hydrogen (secondary N) is 1. The van der Waals surface area contributed by atoms with Gasteiger partial charge in [-0.15, -0.1) is 0 Å². The summed E-state index contributed by atoms with van der Waals surface area (Å²) in [7, 11) is 0. The van der Waals surface area contributed by atoms with Gasteiger partial charge < -0.3 is 14.6 Å². The number of carbonyl (C=O) groups excluding carboxylic acids is 1. The maximum absolute atomic E-state index is 14.4. The molecule has 9 heteroatoms. The first-order chi connectivity index (χ1) is 12.4. The normalized spacial score (nSPS) is 25.2. The van der Waals surface area contributed by atoms with E-state index in [-0.39, 0.29) is 12.2 Å². The van der Waals surface area contributed by atoms with E-state index in [2.05, 4.69) is 0 Å². The van der Waals surface area contributed by atoms with Crippen LogP contribution in [0.25, 0.3) is 0 Å². The van der Waals surface area contributed by atoms with Crippen molar-refractivity contribution in [2.24, 2.45) is 0 Å². The van der Waals surface area contributed by atoms with Gasteiger partial charge in [0.1, 0.15) is 18.8 Å². The van der Waals surface area contributed by atoms with Gasteiger partial charge in [-0.05, 0) is 19.1 Å². The van der Waals surface area contributed by atoms with Crippen molar-refractivity contribution in [2.75, 3.05) is 6.61 Å². The second-order valence-corrected chi connectivity index (χ2v) is 5.94. The van der Waals surface area contributed by atoms with Gasteiger partial charge in [-0.3, -0.25) is 14.3 Å². The molecule has 4 atom stereocenters. The van der Waals surface area contributed by atoms with Crippen molar-refractivity contribution in [1.29, 1.82) is 0 Å². The van der Waals surface area contributed by atoms with E-state index in [1.807, 2.05) is 4.98 Å². The summed E-state index contributed by atoms with van der Waals surface area (Å²) in [5.74, 6) is -0.641. The third-order valence-corrected chi connectivity index (χ3v) is 4.10. The summed E-state index contributed by atoms with van der Waals surface area (Å²) in [5, 5.41) is 10.0. The molecule has 138 valence electrons. The fraction of sp³-hybridized carbons (Fsp3) is 0.353. The van der Waals surface area contributed by atoms with E-state index in [0.717, 1.165) is 10.8 Å². The summed E-state index contributed by atoms with van der Waals surface area (Å²) in [5.41, 5.74) is -0.953. The third-order valence-electron chi connectivity index (χ3n) is 4.10. The number of aromatic nitrogens is 2. The minimum Gasteiger partial charge on any atom is -0.459 e. The minimum atomic E-state index is -1.93. The summed E-state index contributed by atoms with van der Waals surface area (Å²) in [4.78, 5) is 37.3. The number of rotatable bonds is 4. The molecule has 2 aromatic rings. The Morgan fingerprint density at radius 3 is 2.73 bits per heavy atom.